The lowest BCUT2D eigenvalue weighted by Crippen LogP contribution is -2.23. The van der Waals surface area contributed by atoms with Crippen LogP contribution in [-0.4, -0.2) is 29.1 Å². The Balaban J connectivity index is 1.63. The van der Waals surface area contributed by atoms with Crippen molar-refractivity contribution in [2.75, 3.05) is 13.2 Å². The molecular weight excluding hydrogens is 386 g/mol. The number of hydrogen-bond acceptors (Lipinski definition) is 6. The summed E-state index contributed by atoms with van der Waals surface area (Å²) in [6.07, 6.45) is 5.51. The van der Waals surface area contributed by atoms with Crippen molar-refractivity contribution in [3.05, 3.63) is 59.4 Å². The lowest BCUT2D eigenvalue weighted by atomic mass is 10.2. The van der Waals surface area contributed by atoms with Gasteiger partial charge in [0.25, 0.3) is 5.91 Å². The maximum atomic E-state index is 12.6. The van der Waals surface area contributed by atoms with Crippen LogP contribution in [0.2, 0.25) is 0 Å². The van der Waals surface area contributed by atoms with Crippen LogP contribution < -0.4 is 14.8 Å². The largest absolute Gasteiger partial charge is 0.490 e. The van der Waals surface area contributed by atoms with Crippen LogP contribution >= 0.6 is 11.3 Å². The molecule has 0 saturated heterocycles. The molecule has 2 heterocycles. The Labute approximate surface area is 174 Å². The van der Waals surface area contributed by atoms with Gasteiger partial charge in [-0.2, -0.15) is 0 Å². The highest BCUT2D eigenvalue weighted by molar-refractivity contribution is 7.13. The summed E-state index contributed by atoms with van der Waals surface area (Å²) in [6, 6.07) is 9.10. The molecule has 1 N–H and O–H groups in total. The van der Waals surface area contributed by atoms with Crippen LogP contribution in [0.3, 0.4) is 0 Å². The fourth-order valence-corrected chi connectivity index (χ4v) is 3.48. The van der Waals surface area contributed by atoms with Gasteiger partial charge in [0.15, 0.2) is 11.5 Å². The van der Waals surface area contributed by atoms with Crippen molar-refractivity contribution < 1.29 is 14.3 Å². The second-order valence-corrected chi connectivity index (χ2v) is 7.22. The minimum atomic E-state index is -0.176. The van der Waals surface area contributed by atoms with Gasteiger partial charge in [0.05, 0.1) is 25.5 Å². The number of nitrogens with one attached hydrogen (secondary N) is 1. The van der Waals surface area contributed by atoms with E-state index in [1.54, 1.807) is 41.9 Å². The first-order chi connectivity index (χ1) is 14.2. The topological polar surface area (TPSA) is 73.3 Å². The summed E-state index contributed by atoms with van der Waals surface area (Å²) in [4.78, 5) is 21.2. The predicted octanol–water partition coefficient (Wildman–Crippen LogP) is 4.71. The van der Waals surface area contributed by atoms with Crippen molar-refractivity contribution in [3.63, 3.8) is 0 Å². The highest BCUT2D eigenvalue weighted by atomic mass is 32.1. The molecule has 0 aliphatic rings. The van der Waals surface area contributed by atoms with Gasteiger partial charge >= 0.3 is 0 Å². The van der Waals surface area contributed by atoms with Gasteiger partial charge < -0.3 is 14.8 Å². The van der Waals surface area contributed by atoms with E-state index in [9.17, 15) is 4.79 Å². The predicted molar refractivity (Wildman–Crippen MR) is 115 cm³/mol. The second-order valence-electron chi connectivity index (χ2n) is 6.36. The van der Waals surface area contributed by atoms with Crippen LogP contribution in [0.25, 0.3) is 10.6 Å². The standard InChI is InChI=1S/C22H25N3O3S/c1-3-5-12-28-19-7-6-17(13-20(19)27-4-2)21(26)24-14-18-15-29-22(25-18)16-8-10-23-11-9-16/h6-11,13,15H,3-5,12,14H2,1-2H3,(H,24,26). The summed E-state index contributed by atoms with van der Waals surface area (Å²) in [6.45, 7) is 5.52. The van der Waals surface area contributed by atoms with Crippen LogP contribution in [0.4, 0.5) is 0 Å². The maximum Gasteiger partial charge on any atom is 0.251 e. The molecule has 0 saturated carbocycles. The summed E-state index contributed by atoms with van der Waals surface area (Å²) in [5.41, 5.74) is 2.36. The summed E-state index contributed by atoms with van der Waals surface area (Å²) < 4.78 is 11.4. The van der Waals surface area contributed by atoms with E-state index in [2.05, 4.69) is 22.2 Å². The number of benzene rings is 1. The van der Waals surface area contributed by atoms with E-state index < -0.39 is 0 Å². The first kappa shape index (κ1) is 20.8. The number of nitrogens with zero attached hydrogens (tertiary/aromatic N) is 2. The molecule has 0 aliphatic carbocycles. The zero-order chi connectivity index (χ0) is 20.5. The van der Waals surface area contributed by atoms with Crippen LogP contribution in [0.5, 0.6) is 11.5 Å². The van der Waals surface area contributed by atoms with Gasteiger partial charge in [-0.1, -0.05) is 13.3 Å². The van der Waals surface area contributed by atoms with Crippen molar-refractivity contribution in [3.8, 4) is 22.1 Å². The number of amides is 1. The molecule has 1 amide bonds. The zero-order valence-electron chi connectivity index (χ0n) is 16.7. The third kappa shape index (κ3) is 5.77. The van der Waals surface area contributed by atoms with E-state index >= 15 is 0 Å². The zero-order valence-corrected chi connectivity index (χ0v) is 17.5. The highest BCUT2D eigenvalue weighted by Gasteiger charge is 2.12. The van der Waals surface area contributed by atoms with Crippen molar-refractivity contribution in [1.29, 1.82) is 0 Å². The van der Waals surface area contributed by atoms with Crippen LogP contribution in [0.1, 0.15) is 42.7 Å². The number of aromatic nitrogens is 2. The molecule has 0 spiro atoms. The van der Waals surface area contributed by atoms with Crippen molar-refractivity contribution in [2.24, 2.45) is 0 Å². The number of carbonyl (C=O) groups is 1. The van der Waals surface area contributed by atoms with Gasteiger partial charge in [0.1, 0.15) is 5.01 Å². The molecule has 3 aromatic rings. The number of rotatable bonds is 10. The first-order valence-corrected chi connectivity index (χ1v) is 10.6. The van der Waals surface area contributed by atoms with E-state index in [0.29, 0.717) is 36.8 Å². The quantitative estimate of drug-likeness (QED) is 0.489. The Kier molecular flexibility index (Phi) is 7.58. The number of unbranched alkanes of at least 4 members (excludes halogenated alkanes) is 1. The van der Waals surface area contributed by atoms with E-state index in [4.69, 9.17) is 9.47 Å². The second kappa shape index (κ2) is 10.6. The Morgan fingerprint density at radius 2 is 1.93 bits per heavy atom. The van der Waals surface area contributed by atoms with E-state index in [1.807, 2.05) is 24.4 Å². The van der Waals surface area contributed by atoms with E-state index in [0.717, 1.165) is 29.1 Å². The number of pyridine rings is 1. The third-order valence-electron chi connectivity index (χ3n) is 4.17. The van der Waals surface area contributed by atoms with Gasteiger partial charge in [-0.15, -0.1) is 11.3 Å². The van der Waals surface area contributed by atoms with Gasteiger partial charge in [0, 0.05) is 28.9 Å². The molecular formula is C22H25N3O3S. The first-order valence-electron chi connectivity index (χ1n) is 9.74. The molecule has 0 bridgehead atoms. The average Bonchev–Trinajstić information content (AvgIpc) is 3.23. The third-order valence-corrected chi connectivity index (χ3v) is 5.11. The summed E-state index contributed by atoms with van der Waals surface area (Å²) >= 11 is 1.54. The SMILES string of the molecule is CCCCOc1ccc(C(=O)NCc2csc(-c3ccncc3)n2)cc1OCC. The summed E-state index contributed by atoms with van der Waals surface area (Å²) in [5.74, 6) is 1.08. The lowest BCUT2D eigenvalue weighted by molar-refractivity contribution is 0.0950. The van der Waals surface area contributed by atoms with Crippen LogP contribution in [-0.2, 0) is 6.54 Å². The number of hydrogen-bond donors (Lipinski definition) is 1. The molecule has 7 heteroatoms. The molecule has 6 nitrogen and oxygen atoms in total. The van der Waals surface area contributed by atoms with Crippen molar-refractivity contribution >= 4 is 17.2 Å². The smallest absolute Gasteiger partial charge is 0.251 e. The van der Waals surface area contributed by atoms with E-state index in [1.165, 1.54) is 0 Å². The normalized spacial score (nSPS) is 10.6. The van der Waals surface area contributed by atoms with Gasteiger partial charge in [-0.3, -0.25) is 9.78 Å². The molecule has 0 fully saturated rings. The van der Waals surface area contributed by atoms with E-state index in [-0.39, 0.29) is 5.91 Å². The molecule has 29 heavy (non-hydrogen) atoms. The maximum absolute atomic E-state index is 12.6. The molecule has 0 unspecified atom stereocenters. The molecule has 0 aliphatic heterocycles. The van der Waals surface area contributed by atoms with Gasteiger partial charge in [-0.25, -0.2) is 4.98 Å². The summed E-state index contributed by atoms with van der Waals surface area (Å²) in [5, 5.41) is 5.77. The Bertz CT molecular complexity index is 928. The number of ether oxygens (including phenoxy) is 2. The monoisotopic (exact) mass is 411 g/mol. The van der Waals surface area contributed by atoms with Crippen LogP contribution in [0, 0.1) is 0 Å². The van der Waals surface area contributed by atoms with Gasteiger partial charge in [-0.05, 0) is 43.7 Å². The minimum Gasteiger partial charge on any atom is -0.490 e. The number of thiazole rings is 1. The summed E-state index contributed by atoms with van der Waals surface area (Å²) in [7, 11) is 0. The van der Waals surface area contributed by atoms with Crippen molar-refractivity contribution in [1.82, 2.24) is 15.3 Å². The molecule has 152 valence electrons. The fraction of sp³-hybridized carbons (Fsp3) is 0.318. The Hall–Kier alpha value is -2.93. The Morgan fingerprint density at radius 3 is 2.69 bits per heavy atom. The minimum absolute atomic E-state index is 0.176. The molecule has 2 aromatic heterocycles. The molecule has 1 aromatic carbocycles. The molecule has 3 rings (SSSR count). The molecule has 0 radical (unpaired) electrons. The molecule has 0 atom stereocenters. The highest BCUT2D eigenvalue weighted by Crippen LogP contribution is 2.29. The van der Waals surface area contributed by atoms with Gasteiger partial charge in [0.2, 0.25) is 0 Å². The van der Waals surface area contributed by atoms with Crippen LogP contribution in [0.15, 0.2) is 48.1 Å². The fourth-order valence-electron chi connectivity index (χ4n) is 2.65. The average molecular weight is 412 g/mol. The lowest BCUT2D eigenvalue weighted by Gasteiger charge is -2.13. The Morgan fingerprint density at radius 1 is 1.10 bits per heavy atom. The number of carbonyl (C=O) groups excluding carboxylic acids is 1. The van der Waals surface area contributed by atoms with Crippen molar-refractivity contribution in [2.45, 2.75) is 33.2 Å².